The number of carbonyl (C=O) groups excluding carboxylic acids is 1. The highest BCUT2D eigenvalue weighted by molar-refractivity contribution is 5.99. The largest absolute Gasteiger partial charge is 0.342 e. The number of benzene rings is 2. The van der Waals surface area contributed by atoms with E-state index in [1.54, 1.807) is 9.58 Å². The zero-order chi connectivity index (χ0) is 17.6. The van der Waals surface area contributed by atoms with Crippen LogP contribution in [0, 0.1) is 0 Å². The maximum Gasteiger partial charge on any atom is 0.257 e. The van der Waals surface area contributed by atoms with E-state index in [1.807, 2.05) is 73.9 Å². The van der Waals surface area contributed by atoms with Gasteiger partial charge in [-0.25, -0.2) is 4.68 Å². The molecular weight excluding hydrogens is 310 g/mol. The van der Waals surface area contributed by atoms with Crippen molar-refractivity contribution in [3.05, 3.63) is 72.4 Å². The molecule has 1 heterocycles. The number of nitrogens with zero attached hydrogens (tertiary/aromatic N) is 3. The van der Waals surface area contributed by atoms with Crippen LogP contribution in [0.15, 0.2) is 66.9 Å². The molecule has 25 heavy (non-hydrogen) atoms. The summed E-state index contributed by atoms with van der Waals surface area (Å²) in [6, 6.07) is 19.7. The molecule has 0 aliphatic rings. The van der Waals surface area contributed by atoms with Gasteiger partial charge in [-0.05, 0) is 18.6 Å². The van der Waals surface area contributed by atoms with Crippen molar-refractivity contribution >= 4 is 5.91 Å². The van der Waals surface area contributed by atoms with Crippen molar-refractivity contribution in [2.75, 3.05) is 13.6 Å². The Morgan fingerprint density at radius 3 is 2.32 bits per heavy atom. The van der Waals surface area contributed by atoms with E-state index >= 15 is 0 Å². The lowest BCUT2D eigenvalue weighted by Gasteiger charge is -2.16. The lowest BCUT2D eigenvalue weighted by molar-refractivity contribution is 0.0794. The maximum atomic E-state index is 13.0. The van der Waals surface area contributed by atoms with Crippen molar-refractivity contribution in [3.8, 4) is 16.9 Å². The molecule has 128 valence electrons. The molecule has 0 atom stereocenters. The molecule has 0 radical (unpaired) electrons. The number of aromatic nitrogens is 2. The molecule has 1 aromatic heterocycles. The third kappa shape index (κ3) is 3.79. The minimum absolute atomic E-state index is 0.00878. The first-order chi connectivity index (χ1) is 12.2. The van der Waals surface area contributed by atoms with Crippen LogP contribution in [0.4, 0.5) is 0 Å². The Bertz CT molecular complexity index is 825. The Morgan fingerprint density at radius 1 is 1.04 bits per heavy atom. The molecule has 0 bridgehead atoms. The number of carbonyl (C=O) groups is 1. The summed E-state index contributed by atoms with van der Waals surface area (Å²) in [7, 11) is 1.85. The molecule has 0 saturated heterocycles. The van der Waals surface area contributed by atoms with Gasteiger partial charge in [0.1, 0.15) is 5.69 Å². The van der Waals surface area contributed by atoms with Crippen LogP contribution in [0.5, 0.6) is 0 Å². The molecule has 0 spiro atoms. The molecule has 4 nitrogen and oxygen atoms in total. The predicted octanol–water partition coefficient (Wildman–Crippen LogP) is 4.41. The van der Waals surface area contributed by atoms with Crippen molar-refractivity contribution in [2.45, 2.75) is 19.8 Å². The van der Waals surface area contributed by atoms with Crippen LogP contribution < -0.4 is 0 Å². The molecule has 3 rings (SSSR count). The van der Waals surface area contributed by atoms with Gasteiger partial charge in [-0.2, -0.15) is 5.10 Å². The molecule has 4 heteroatoms. The van der Waals surface area contributed by atoms with E-state index in [0.717, 1.165) is 36.3 Å². The second-order valence-corrected chi connectivity index (χ2v) is 6.12. The minimum Gasteiger partial charge on any atom is -0.342 e. The number of hydrogen-bond donors (Lipinski definition) is 0. The molecular formula is C21H23N3O. The fourth-order valence-electron chi connectivity index (χ4n) is 2.76. The van der Waals surface area contributed by atoms with Gasteiger partial charge in [-0.15, -0.1) is 0 Å². The highest BCUT2D eigenvalue weighted by Gasteiger charge is 2.21. The Morgan fingerprint density at radius 2 is 1.68 bits per heavy atom. The molecule has 0 N–H and O–H groups in total. The van der Waals surface area contributed by atoms with Crippen molar-refractivity contribution in [3.63, 3.8) is 0 Å². The van der Waals surface area contributed by atoms with E-state index in [4.69, 9.17) is 5.10 Å². The lowest BCUT2D eigenvalue weighted by Crippen LogP contribution is -2.27. The van der Waals surface area contributed by atoms with Gasteiger partial charge in [0, 0.05) is 25.4 Å². The Balaban J connectivity index is 2.03. The van der Waals surface area contributed by atoms with Crippen LogP contribution in [0.25, 0.3) is 16.9 Å². The van der Waals surface area contributed by atoms with E-state index in [1.165, 1.54) is 0 Å². The first-order valence-corrected chi connectivity index (χ1v) is 8.66. The summed E-state index contributed by atoms with van der Waals surface area (Å²) in [5.41, 5.74) is 3.24. The van der Waals surface area contributed by atoms with Crippen molar-refractivity contribution in [1.29, 1.82) is 0 Å². The summed E-state index contributed by atoms with van der Waals surface area (Å²) in [6.45, 7) is 2.88. The normalized spacial score (nSPS) is 10.6. The SMILES string of the molecule is CCCCN(C)C(=O)c1cn(-c2ccccc2)nc1-c1ccccc1. The van der Waals surface area contributed by atoms with E-state index in [-0.39, 0.29) is 5.91 Å². The monoisotopic (exact) mass is 333 g/mol. The maximum absolute atomic E-state index is 13.0. The molecule has 0 aliphatic carbocycles. The van der Waals surface area contributed by atoms with Gasteiger partial charge in [0.25, 0.3) is 5.91 Å². The Hall–Kier alpha value is -2.88. The van der Waals surface area contributed by atoms with Gasteiger partial charge in [0.15, 0.2) is 0 Å². The number of amides is 1. The summed E-state index contributed by atoms with van der Waals surface area (Å²) in [5.74, 6) is 0.00878. The van der Waals surface area contributed by atoms with Crippen LogP contribution in [-0.4, -0.2) is 34.2 Å². The zero-order valence-corrected chi connectivity index (χ0v) is 14.7. The van der Waals surface area contributed by atoms with Gasteiger partial charge in [-0.1, -0.05) is 61.9 Å². The van der Waals surface area contributed by atoms with Gasteiger partial charge in [0.2, 0.25) is 0 Å². The summed E-state index contributed by atoms with van der Waals surface area (Å²) in [4.78, 5) is 14.7. The Labute approximate surface area is 148 Å². The van der Waals surface area contributed by atoms with Crippen molar-refractivity contribution < 1.29 is 4.79 Å². The molecule has 1 amide bonds. The third-order valence-corrected chi connectivity index (χ3v) is 4.21. The summed E-state index contributed by atoms with van der Waals surface area (Å²) in [5, 5.41) is 4.70. The van der Waals surface area contributed by atoms with Crippen molar-refractivity contribution in [1.82, 2.24) is 14.7 Å². The van der Waals surface area contributed by atoms with Crippen LogP contribution in [0.2, 0.25) is 0 Å². The fourth-order valence-corrected chi connectivity index (χ4v) is 2.76. The van der Waals surface area contributed by atoms with Gasteiger partial charge in [0.05, 0.1) is 11.3 Å². The van der Waals surface area contributed by atoms with E-state index in [9.17, 15) is 4.79 Å². The second kappa shape index (κ2) is 7.79. The topological polar surface area (TPSA) is 38.1 Å². The molecule has 0 fully saturated rings. The van der Waals surface area contributed by atoms with E-state index < -0.39 is 0 Å². The number of hydrogen-bond acceptors (Lipinski definition) is 2. The zero-order valence-electron chi connectivity index (χ0n) is 14.7. The van der Waals surface area contributed by atoms with Gasteiger partial charge in [-0.3, -0.25) is 4.79 Å². The average Bonchev–Trinajstić information content (AvgIpc) is 3.12. The summed E-state index contributed by atoms with van der Waals surface area (Å²) >= 11 is 0. The van der Waals surface area contributed by atoms with E-state index in [0.29, 0.717) is 5.56 Å². The first kappa shape index (κ1) is 17.0. The third-order valence-electron chi connectivity index (χ3n) is 4.21. The van der Waals surface area contributed by atoms with Gasteiger partial charge >= 0.3 is 0 Å². The predicted molar refractivity (Wildman–Crippen MR) is 101 cm³/mol. The van der Waals surface area contributed by atoms with Crippen LogP contribution in [0.1, 0.15) is 30.1 Å². The van der Waals surface area contributed by atoms with Gasteiger partial charge < -0.3 is 4.90 Å². The highest BCUT2D eigenvalue weighted by atomic mass is 16.2. The number of para-hydroxylation sites is 1. The van der Waals surface area contributed by atoms with Crippen LogP contribution >= 0.6 is 0 Å². The lowest BCUT2D eigenvalue weighted by atomic mass is 10.1. The number of unbranched alkanes of at least 4 members (excludes halogenated alkanes) is 1. The quantitative estimate of drug-likeness (QED) is 0.670. The molecule has 0 aliphatic heterocycles. The summed E-state index contributed by atoms with van der Waals surface area (Å²) in [6.07, 6.45) is 3.89. The standard InChI is InChI=1S/C21H23N3O/c1-3-4-15-23(2)21(25)19-16-24(18-13-9-6-10-14-18)22-20(19)17-11-7-5-8-12-17/h5-14,16H,3-4,15H2,1-2H3. The molecule has 3 aromatic rings. The number of rotatable bonds is 6. The average molecular weight is 333 g/mol. The fraction of sp³-hybridized carbons (Fsp3) is 0.238. The highest BCUT2D eigenvalue weighted by Crippen LogP contribution is 2.24. The van der Waals surface area contributed by atoms with Crippen LogP contribution in [0.3, 0.4) is 0 Å². The first-order valence-electron chi connectivity index (χ1n) is 8.66. The van der Waals surface area contributed by atoms with E-state index in [2.05, 4.69) is 6.92 Å². The Kier molecular flexibility index (Phi) is 5.29. The second-order valence-electron chi connectivity index (χ2n) is 6.12. The van der Waals surface area contributed by atoms with Crippen molar-refractivity contribution in [2.24, 2.45) is 0 Å². The molecule has 0 unspecified atom stereocenters. The smallest absolute Gasteiger partial charge is 0.257 e. The molecule has 0 saturated carbocycles. The summed E-state index contributed by atoms with van der Waals surface area (Å²) < 4.78 is 1.78. The molecule has 2 aromatic carbocycles. The van der Waals surface area contributed by atoms with Crippen LogP contribution in [-0.2, 0) is 0 Å². The minimum atomic E-state index is 0.00878.